The van der Waals surface area contributed by atoms with Gasteiger partial charge in [0.25, 0.3) is 20.2 Å². The van der Waals surface area contributed by atoms with Crippen LogP contribution in [0.2, 0.25) is 0 Å². The Morgan fingerprint density at radius 1 is 1.45 bits per heavy atom. The Morgan fingerprint density at radius 2 is 2.20 bits per heavy atom. The molecule has 1 aliphatic heterocycles. The molecule has 1 aliphatic rings. The standard InChI is InChI=1S/C9H17N5O4S2/c10-20(17,18)12-6-8-2-1-5-14(7-8)19(15,16)9-3-4-11-13-9/h3-4,8,12H,1-2,5-7H2,(H,11,13)(H2,10,17,18). The lowest BCUT2D eigenvalue weighted by molar-refractivity contribution is 0.266. The van der Waals surface area contributed by atoms with E-state index in [0.717, 1.165) is 6.42 Å². The quantitative estimate of drug-likeness (QED) is 0.612. The van der Waals surface area contributed by atoms with Crippen LogP contribution in [0.5, 0.6) is 0 Å². The second-order valence-corrected chi connectivity index (χ2v) is 7.97. The summed E-state index contributed by atoms with van der Waals surface area (Å²) in [7, 11) is -7.35. The van der Waals surface area contributed by atoms with E-state index in [4.69, 9.17) is 5.14 Å². The molecule has 11 heteroatoms. The molecule has 0 spiro atoms. The molecule has 9 nitrogen and oxygen atoms in total. The number of nitrogens with two attached hydrogens (primary N) is 1. The van der Waals surface area contributed by atoms with E-state index in [-0.39, 0.29) is 24.0 Å². The number of nitrogens with one attached hydrogen (secondary N) is 2. The van der Waals surface area contributed by atoms with Gasteiger partial charge in [0.05, 0.1) is 6.20 Å². The highest BCUT2D eigenvalue weighted by Crippen LogP contribution is 2.22. The van der Waals surface area contributed by atoms with Crippen LogP contribution in [0.15, 0.2) is 17.3 Å². The lowest BCUT2D eigenvalue weighted by Crippen LogP contribution is -2.44. The Labute approximate surface area is 117 Å². The maximum Gasteiger partial charge on any atom is 0.274 e. The number of nitrogens with zero attached hydrogens (tertiary/aromatic N) is 2. The number of piperidine rings is 1. The average Bonchev–Trinajstić information content (AvgIpc) is 2.90. The fourth-order valence-corrected chi connectivity index (χ4v) is 4.10. The van der Waals surface area contributed by atoms with E-state index in [0.29, 0.717) is 13.0 Å². The Hall–Kier alpha value is -1.01. The molecule has 1 fully saturated rings. The van der Waals surface area contributed by atoms with Crippen molar-refractivity contribution in [1.82, 2.24) is 19.2 Å². The molecule has 114 valence electrons. The van der Waals surface area contributed by atoms with Gasteiger partial charge in [-0.15, -0.1) is 0 Å². The van der Waals surface area contributed by atoms with Gasteiger partial charge in [-0.1, -0.05) is 0 Å². The second kappa shape index (κ2) is 5.77. The van der Waals surface area contributed by atoms with Gasteiger partial charge in [-0.05, 0) is 24.8 Å². The first-order chi connectivity index (χ1) is 9.29. The summed E-state index contributed by atoms with van der Waals surface area (Å²) in [5.74, 6) is -0.0974. The molecular formula is C9H17N5O4S2. The molecule has 0 radical (unpaired) electrons. The van der Waals surface area contributed by atoms with E-state index < -0.39 is 20.2 Å². The topological polar surface area (TPSA) is 138 Å². The van der Waals surface area contributed by atoms with Crippen molar-refractivity contribution in [3.8, 4) is 0 Å². The third kappa shape index (κ3) is 3.76. The largest absolute Gasteiger partial charge is 0.274 e. The molecule has 0 aromatic carbocycles. The minimum atomic E-state index is -3.75. The normalized spacial score (nSPS) is 21.9. The fraction of sp³-hybridized carbons (Fsp3) is 0.667. The summed E-state index contributed by atoms with van der Waals surface area (Å²) in [5, 5.41) is 11.0. The number of aromatic nitrogens is 2. The zero-order valence-electron chi connectivity index (χ0n) is 10.7. The van der Waals surface area contributed by atoms with Crippen molar-refractivity contribution in [1.29, 1.82) is 0 Å². The van der Waals surface area contributed by atoms with Gasteiger partial charge < -0.3 is 0 Å². The zero-order chi connectivity index (χ0) is 14.8. The molecular weight excluding hydrogens is 306 g/mol. The van der Waals surface area contributed by atoms with E-state index in [1.54, 1.807) is 0 Å². The van der Waals surface area contributed by atoms with Crippen LogP contribution in [0.4, 0.5) is 0 Å². The van der Waals surface area contributed by atoms with Crippen molar-refractivity contribution in [3.05, 3.63) is 12.3 Å². The highest BCUT2D eigenvalue weighted by atomic mass is 32.2. The predicted octanol–water partition coefficient (Wildman–Crippen LogP) is -1.40. The lowest BCUT2D eigenvalue weighted by atomic mass is 10.0. The summed E-state index contributed by atoms with van der Waals surface area (Å²) < 4.78 is 49.8. The number of rotatable bonds is 5. The molecule has 2 rings (SSSR count). The molecule has 20 heavy (non-hydrogen) atoms. The van der Waals surface area contributed by atoms with Crippen LogP contribution >= 0.6 is 0 Å². The summed E-state index contributed by atoms with van der Waals surface area (Å²) >= 11 is 0. The van der Waals surface area contributed by atoms with E-state index in [1.165, 1.54) is 16.6 Å². The van der Waals surface area contributed by atoms with E-state index in [2.05, 4.69) is 14.9 Å². The lowest BCUT2D eigenvalue weighted by Gasteiger charge is -2.31. The van der Waals surface area contributed by atoms with Gasteiger partial charge in [-0.3, -0.25) is 5.10 Å². The highest BCUT2D eigenvalue weighted by Gasteiger charge is 2.31. The van der Waals surface area contributed by atoms with Crippen LogP contribution < -0.4 is 9.86 Å². The van der Waals surface area contributed by atoms with Crippen LogP contribution in [0, 0.1) is 5.92 Å². The Kier molecular flexibility index (Phi) is 4.44. The molecule has 1 aromatic rings. The van der Waals surface area contributed by atoms with Crippen LogP contribution in [-0.2, 0) is 20.2 Å². The summed E-state index contributed by atoms with van der Waals surface area (Å²) in [5.41, 5.74) is 0. The van der Waals surface area contributed by atoms with Gasteiger partial charge in [-0.2, -0.15) is 17.8 Å². The van der Waals surface area contributed by atoms with Gasteiger partial charge in [-0.25, -0.2) is 18.3 Å². The highest BCUT2D eigenvalue weighted by molar-refractivity contribution is 7.89. The van der Waals surface area contributed by atoms with Crippen molar-refractivity contribution < 1.29 is 16.8 Å². The average molecular weight is 323 g/mol. The van der Waals surface area contributed by atoms with Gasteiger partial charge in [0.15, 0.2) is 5.03 Å². The summed E-state index contributed by atoms with van der Waals surface area (Å²) in [6.45, 7) is 0.797. The molecule has 4 N–H and O–H groups in total. The van der Waals surface area contributed by atoms with Crippen LogP contribution in [-0.4, -0.2) is 51.0 Å². The maximum absolute atomic E-state index is 12.3. The van der Waals surface area contributed by atoms with E-state index in [1.807, 2.05) is 0 Å². The third-order valence-electron chi connectivity index (χ3n) is 3.15. The first-order valence-electron chi connectivity index (χ1n) is 6.06. The van der Waals surface area contributed by atoms with Crippen molar-refractivity contribution in [2.45, 2.75) is 17.9 Å². The monoisotopic (exact) mass is 323 g/mol. The molecule has 0 aliphatic carbocycles. The first kappa shape index (κ1) is 15.4. The van der Waals surface area contributed by atoms with Gasteiger partial charge in [0.2, 0.25) is 0 Å². The predicted molar refractivity (Wildman–Crippen MR) is 71.2 cm³/mol. The molecule has 1 aromatic heterocycles. The van der Waals surface area contributed by atoms with Crippen molar-refractivity contribution in [2.24, 2.45) is 11.1 Å². The van der Waals surface area contributed by atoms with Crippen molar-refractivity contribution >= 4 is 20.2 Å². The molecule has 0 amide bonds. The molecule has 0 saturated carbocycles. The smallest absolute Gasteiger partial charge is 0.266 e. The van der Waals surface area contributed by atoms with Crippen LogP contribution in [0.25, 0.3) is 0 Å². The van der Waals surface area contributed by atoms with Crippen LogP contribution in [0.3, 0.4) is 0 Å². The van der Waals surface area contributed by atoms with Gasteiger partial charge >= 0.3 is 0 Å². The second-order valence-electron chi connectivity index (χ2n) is 4.69. The Balaban J connectivity index is 2.04. The van der Waals surface area contributed by atoms with Gasteiger partial charge in [0.1, 0.15) is 0 Å². The number of H-pyrrole nitrogens is 1. The molecule has 1 unspecified atom stereocenters. The minimum absolute atomic E-state index is 0.0394. The summed E-state index contributed by atoms with van der Waals surface area (Å²) in [4.78, 5) is 0. The minimum Gasteiger partial charge on any atom is -0.266 e. The first-order valence-corrected chi connectivity index (χ1v) is 9.04. The van der Waals surface area contributed by atoms with E-state index >= 15 is 0 Å². The number of sulfonamides is 1. The van der Waals surface area contributed by atoms with Gasteiger partial charge in [0, 0.05) is 19.6 Å². The SMILES string of the molecule is NS(=O)(=O)NCC1CCCN(S(=O)(=O)c2ccn[nH]2)C1. The zero-order valence-corrected chi connectivity index (χ0v) is 12.3. The Morgan fingerprint density at radius 3 is 2.80 bits per heavy atom. The molecule has 1 saturated heterocycles. The number of hydrogen-bond acceptors (Lipinski definition) is 5. The molecule has 0 bridgehead atoms. The van der Waals surface area contributed by atoms with Crippen LogP contribution in [0.1, 0.15) is 12.8 Å². The fourth-order valence-electron chi connectivity index (χ4n) is 2.17. The van der Waals surface area contributed by atoms with Crippen molar-refractivity contribution in [2.75, 3.05) is 19.6 Å². The number of aromatic amines is 1. The summed E-state index contributed by atoms with van der Waals surface area (Å²) in [6, 6.07) is 1.39. The molecule has 1 atom stereocenters. The Bertz CT molecular complexity index is 640. The van der Waals surface area contributed by atoms with E-state index in [9.17, 15) is 16.8 Å². The maximum atomic E-state index is 12.3. The third-order valence-corrected chi connectivity index (χ3v) is 5.51. The molecule has 2 heterocycles. The summed E-state index contributed by atoms with van der Waals surface area (Å²) in [6.07, 6.45) is 2.79. The van der Waals surface area contributed by atoms with Crippen molar-refractivity contribution in [3.63, 3.8) is 0 Å². The number of hydrogen-bond donors (Lipinski definition) is 3.